The van der Waals surface area contributed by atoms with Crippen LogP contribution in [0.15, 0.2) is 12.7 Å². The van der Waals surface area contributed by atoms with E-state index in [4.69, 9.17) is 4.74 Å². The number of alkyl halides is 6. The second-order valence-corrected chi connectivity index (χ2v) is 10.8. The van der Waals surface area contributed by atoms with Gasteiger partial charge in [0.2, 0.25) is 0 Å². The van der Waals surface area contributed by atoms with E-state index < -0.39 is 63.2 Å². The lowest BCUT2D eigenvalue weighted by atomic mass is 9.47. The standard InChI is InChI=1S/C19H22F6O7S/c1-2-13(26)31-16-6-11-3-12(7-16)5-15(4-11,9-16)8-14(27)32-17(18(20,21)22,19(23,24)25)10-33(28,29)30/h2,11-12H,1,3-10H2,(H,28,29,30)/p-1. The Morgan fingerprint density at radius 3 is 1.97 bits per heavy atom. The van der Waals surface area contributed by atoms with Crippen LogP contribution < -0.4 is 0 Å². The third-order valence-corrected chi connectivity index (χ3v) is 7.48. The van der Waals surface area contributed by atoms with Gasteiger partial charge in [0.05, 0.1) is 22.3 Å². The molecule has 4 fully saturated rings. The van der Waals surface area contributed by atoms with Crippen molar-refractivity contribution in [2.24, 2.45) is 17.3 Å². The number of carbonyl (C=O) groups is 2. The largest absolute Gasteiger partial charge is 0.748 e. The van der Waals surface area contributed by atoms with Crippen LogP contribution in [0.1, 0.15) is 44.9 Å². The van der Waals surface area contributed by atoms with Crippen molar-refractivity contribution in [1.82, 2.24) is 0 Å². The normalized spacial score (nSPS) is 31.8. The minimum atomic E-state index is -6.42. The molecule has 2 unspecified atom stereocenters. The molecule has 4 bridgehead atoms. The number of hydrogen-bond acceptors (Lipinski definition) is 7. The van der Waals surface area contributed by atoms with Crippen molar-refractivity contribution in [2.75, 3.05) is 5.75 Å². The molecule has 4 aliphatic rings. The molecule has 4 saturated carbocycles. The highest BCUT2D eigenvalue weighted by molar-refractivity contribution is 7.85. The molecule has 14 heteroatoms. The summed E-state index contributed by atoms with van der Waals surface area (Å²) in [7, 11) is -6.11. The van der Waals surface area contributed by atoms with Gasteiger partial charge in [-0.25, -0.2) is 13.2 Å². The Morgan fingerprint density at radius 1 is 1.03 bits per heavy atom. The van der Waals surface area contributed by atoms with Crippen LogP contribution in [0.5, 0.6) is 0 Å². The third-order valence-electron chi connectivity index (χ3n) is 6.72. The maximum atomic E-state index is 13.4. The summed E-state index contributed by atoms with van der Waals surface area (Å²) in [5.74, 6) is -5.82. The average Bonchev–Trinajstić information content (AvgIpc) is 2.55. The van der Waals surface area contributed by atoms with Gasteiger partial charge in [0, 0.05) is 6.08 Å². The summed E-state index contributed by atoms with van der Waals surface area (Å²) in [6.07, 6.45) is -10.5. The average molecular weight is 507 g/mol. The zero-order chi connectivity index (χ0) is 25.1. The van der Waals surface area contributed by atoms with Gasteiger partial charge in [0.15, 0.2) is 0 Å². The van der Waals surface area contributed by atoms with Crippen LogP contribution in [-0.4, -0.2) is 54.2 Å². The van der Waals surface area contributed by atoms with Crippen molar-refractivity contribution in [3.63, 3.8) is 0 Å². The topological polar surface area (TPSA) is 110 Å². The Bertz CT molecular complexity index is 911. The van der Waals surface area contributed by atoms with Gasteiger partial charge in [-0.15, -0.1) is 0 Å². The van der Waals surface area contributed by atoms with Crippen molar-refractivity contribution in [3.05, 3.63) is 12.7 Å². The highest BCUT2D eigenvalue weighted by Crippen LogP contribution is 2.64. The molecule has 0 saturated heterocycles. The van der Waals surface area contributed by atoms with E-state index >= 15 is 0 Å². The fraction of sp³-hybridized carbons (Fsp3) is 0.789. The fourth-order valence-corrected chi connectivity index (χ4v) is 7.09. The number of halogens is 6. The van der Waals surface area contributed by atoms with Crippen LogP contribution in [0.3, 0.4) is 0 Å². The molecule has 0 N–H and O–H groups in total. The van der Waals surface area contributed by atoms with Crippen LogP contribution in [0, 0.1) is 17.3 Å². The Balaban J connectivity index is 1.89. The van der Waals surface area contributed by atoms with Crippen molar-refractivity contribution < 1.29 is 58.4 Å². The summed E-state index contributed by atoms with van der Waals surface area (Å²) < 4.78 is 123. The van der Waals surface area contributed by atoms with Gasteiger partial charge < -0.3 is 14.0 Å². The first-order valence-corrected chi connectivity index (χ1v) is 11.6. The first-order chi connectivity index (χ1) is 14.8. The molecule has 0 aromatic rings. The lowest BCUT2D eigenvalue weighted by Gasteiger charge is -2.61. The smallest absolute Gasteiger partial charge is 0.438 e. The van der Waals surface area contributed by atoms with E-state index in [1.165, 1.54) is 0 Å². The summed E-state index contributed by atoms with van der Waals surface area (Å²) in [4.78, 5) is 24.3. The monoisotopic (exact) mass is 507 g/mol. The van der Waals surface area contributed by atoms with Gasteiger partial charge in [0.25, 0.3) is 0 Å². The van der Waals surface area contributed by atoms with E-state index in [0.717, 1.165) is 6.08 Å². The minimum absolute atomic E-state index is 0.0343. The van der Waals surface area contributed by atoms with Gasteiger partial charge in [-0.05, 0) is 55.8 Å². The Kier molecular flexibility index (Phi) is 6.14. The lowest BCUT2D eigenvalue weighted by Crippen LogP contribution is -2.64. The van der Waals surface area contributed by atoms with Crippen molar-refractivity contribution in [2.45, 2.75) is 68.5 Å². The van der Waals surface area contributed by atoms with Gasteiger partial charge in [-0.2, -0.15) is 26.3 Å². The predicted molar refractivity (Wildman–Crippen MR) is 96.2 cm³/mol. The highest BCUT2D eigenvalue weighted by Gasteiger charge is 2.75. The molecule has 33 heavy (non-hydrogen) atoms. The van der Waals surface area contributed by atoms with Crippen LogP contribution in [0.25, 0.3) is 0 Å². The van der Waals surface area contributed by atoms with Crippen molar-refractivity contribution in [3.8, 4) is 0 Å². The summed E-state index contributed by atoms with van der Waals surface area (Å²) in [5, 5.41) is 0. The SMILES string of the molecule is C=CC(=O)OC12CC3CC(CC(CC(=O)OC(CS(=O)(=O)[O-])(C(F)(F)F)C(F)(F)F)(C3)C1)C2. The van der Waals surface area contributed by atoms with E-state index in [9.17, 15) is 48.9 Å². The van der Waals surface area contributed by atoms with Crippen LogP contribution >= 0.6 is 0 Å². The van der Waals surface area contributed by atoms with Crippen molar-refractivity contribution in [1.29, 1.82) is 0 Å². The Hall–Kier alpha value is -1.83. The summed E-state index contributed by atoms with van der Waals surface area (Å²) in [5.41, 5.74) is -7.59. The Morgan fingerprint density at radius 2 is 1.55 bits per heavy atom. The molecule has 2 atom stereocenters. The lowest BCUT2D eigenvalue weighted by molar-refractivity contribution is -0.362. The molecule has 0 amide bonds. The molecule has 0 aromatic heterocycles. The molecule has 0 spiro atoms. The van der Waals surface area contributed by atoms with Crippen LogP contribution in [-0.2, 0) is 29.2 Å². The van der Waals surface area contributed by atoms with E-state index in [1.54, 1.807) is 0 Å². The maximum absolute atomic E-state index is 13.4. The maximum Gasteiger partial charge on any atom is 0.438 e. The van der Waals surface area contributed by atoms with Gasteiger partial charge in [0.1, 0.15) is 5.60 Å². The quantitative estimate of drug-likeness (QED) is 0.225. The fourth-order valence-electron chi connectivity index (χ4n) is 6.20. The number of ether oxygens (including phenoxy) is 2. The molecule has 0 aliphatic heterocycles. The summed E-state index contributed by atoms with van der Waals surface area (Å²) in [6, 6.07) is 0. The molecular formula is C19H21F6O7S-. The van der Waals surface area contributed by atoms with E-state index in [-0.39, 0.29) is 18.3 Å². The second kappa shape index (κ2) is 7.85. The van der Waals surface area contributed by atoms with Crippen LogP contribution in [0.2, 0.25) is 0 Å². The summed E-state index contributed by atoms with van der Waals surface area (Å²) in [6.45, 7) is 3.30. The van der Waals surface area contributed by atoms with E-state index in [1.807, 2.05) is 0 Å². The number of rotatable bonds is 7. The minimum Gasteiger partial charge on any atom is -0.748 e. The predicted octanol–water partition coefficient (Wildman–Crippen LogP) is 3.40. The molecule has 7 nitrogen and oxygen atoms in total. The first kappa shape index (κ1) is 25.8. The van der Waals surface area contributed by atoms with Gasteiger partial charge in [-0.3, -0.25) is 4.79 Å². The van der Waals surface area contributed by atoms with E-state index in [0.29, 0.717) is 32.1 Å². The Labute approximate surface area is 185 Å². The highest BCUT2D eigenvalue weighted by atomic mass is 32.2. The zero-order valence-corrected chi connectivity index (χ0v) is 17.9. The second-order valence-electron chi connectivity index (χ2n) is 9.44. The molecule has 4 rings (SSSR count). The molecule has 0 heterocycles. The first-order valence-electron chi connectivity index (χ1n) is 9.98. The van der Waals surface area contributed by atoms with Gasteiger partial charge in [-0.1, -0.05) is 6.58 Å². The molecule has 4 aliphatic carbocycles. The molecule has 0 aromatic carbocycles. The number of esters is 2. The number of hydrogen-bond donors (Lipinski definition) is 0. The zero-order valence-electron chi connectivity index (χ0n) is 17.1. The summed E-state index contributed by atoms with van der Waals surface area (Å²) >= 11 is 0. The van der Waals surface area contributed by atoms with E-state index in [2.05, 4.69) is 11.3 Å². The molecule has 188 valence electrons. The molecule has 0 radical (unpaired) electrons. The van der Waals surface area contributed by atoms with Gasteiger partial charge >= 0.3 is 29.9 Å². The van der Waals surface area contributed by atoms with Crippen molar-refractivity contribution >= 4 is 22.1 Å². The van der Waals surface area contributed by atoms with Crippen LogP contribution in [0.4, 0.5) is 26.3 Å². The number of carbonyl (C=O) groups excluding carboxylic acids is 2. The third kappa shape index (κ3) is 5.00. The molecular weight excluding hydrogens is 486 g/mol.